The van der Waals surface area contributed by atoms with Gasteiger partial charge in [-0.3, -0.25) is 4.79 Å². The van der Waals surface area contributed by atoms with E-state index in [-0.39, 0.29) is 5.91 Å². The van der Waals surface area contributed by atoms with Crippen molar-refractivity contribution in [3.63, 3.8) is 0 Å². The Hall–Kier alpha value is -1.77. The van der Waals surface area contributed by atoms with Crippen LogP contribution in [0.2, 0.25) is 0 Å². The van der Waals surface area contributed by atoms with E-state index in [4.69, 9.17) is 0 Å². The molecule has 0 atom stereocenters. The van der Waals surface area contributed by atoms with E-state index in [0.717, 1.165) is 18.5 Å². The zero-order valence-corrected chi connectivity index (χ0v) is 8.36. The highest BCUT2D eigenvalue weighted by Crippen LogP contribution is 2.20. The summed E-state index contributed by atoms with van der Waals surface area (Å²) in [7, 11) is 0. The first-order valence-corrected chi connectivity index (χ1v) is 5.18. The smallest absolute Gasteiger partial charge is 0.239 e. The number of benzene rings is 1. The lowest BCUT2D eigenvalue weighted by atomic mass is 10.2. The molecule has 3 heteroatoms. The van der Waals surface area contributed by atoms with Gasteiger partial charge in [-0.2, -0.15) is 0 Å². The molecule has 1 N–H and O–H groups in total. The van der Waals surface area contributed by atoms with Crippen LogP contribution in [0.3, 0.4) is 0 Å². The molecule has 1 aromatic carbocycles. The first-order valence-electron chi connectivity index (χ1n) is 5.18. The van der Waals surface area contributed by atoms with Crippen molar-refractivity contribution in [2.75, 3.05) is 6.54 Å². The molecule has 1 aromatic heterocycles. The van der Waals surface area contributed by atoms with Crippen LogP contribution >= 0.6 is 0 Å². The molecule has 0 spiro atoms. The topological polar surface area (TPSA) is 34.0 Å². The van der Waals surface area contributed by atoms with E-state index >= 15 is 0 Å². The minimum Gasteiger partial charge on any atom is -0.354 e. The molecule has 0 saturated heterocycles. The lowest BCUT2D eigenvalue weighted by molar-refractivity contribution is -0.121. The van der Waals surface area contributed by atoms with Crippen molar-refractivity contribution in [3.8, 4) is 0 Å². The van der Waals surface area contributed by atoms with Crippen LogP contribution in [0.1, 0.15) is 5.69 Å². The third kappa shape index (κ3) is 1.31. The molecule has 2 heterocycles. The quantitative estimate of drug-likeness (QED) is 0.683. The standard InChI is InChI=1S/C12H12N2O/c15-12-8-14-10(5-6-13-12)7-9-3-1-2-4-11(9)14/h1-4,7H,5-6,8H2,(H,13,15). The summed E-state index contributed by atoms with van der Waals surface area (Å²) in [6, 6.07) is 10.4. The Kier molecular flexibility index (Phi) is 1.78. The predicted octanol–water partition coefficient (Wildman–Crippen LogP) is 1.31. The SMILES string of the molecule is O=C1Cn2c(cc3ccccc32)CCN1. The maximum absolute atomic E-state index is 11.5. The first-order chi connectivity index (χ1) is 7.34. The van der Waals surface area contributed by atoms with Gasteiger partial charge >= 0.3 is 0 Å². The van der Waals surface area contributed by atoms with E-state index in [9.17, 15) is 4.79 Å². The minimum absolute atomic E-state index is 0.107. The van der Waals surface area contributed by atoms with E-state index in [1.165, 1.54) is 11.1 Å². The van der Waals surface area contributed by atoms with Crippen LogP contribution in [0.4, 0.5) is 0 Å². The number of aromatic nitrogens is 1. The number of hydrogen-bond acceptors (Lipinski definition) is 1. The molecule has 3 rings (SSSR count). The Bertz CT molecular complexity index is 527. The second-order valence-electron chi connectivity index (χ2n) is 3.88. The Morgan fingerprint density at radius 3 is 3.07 bits per heavy atom. The van der Waals surface area contributed by atoms with Crippen molar-refractivity contribution in [3.05, 3.63) is 36.0 Å². The molecule has 0 aliphatic carbocycles. The first kappa shape index (κ1) is 8.53. The monoisotopic (exact) mass is 200 g/mol. The van der Waals surface area contributed by atoms with Crippen molar-refractivity contribution < 1.29 is 4.79 Å². The Morgan fingerprint density at radius 1 is 1.27 bits per heavy atom. The maximum atomic E-state index is 11.5. The summed E-state index contributed by atoms with van der Waals surface area (Å²) in [6.45, 7) is 1.19. The van der Waals surface area contributed by atoms with Gasteiger partial charge in [0.05, 0.1) is 0 Å². The number of para-hydroxylation sites is 1. The molecule has 0 saturated carbocycles. The maximum Gasteiger partial charge on any atom is 0.239 e. The molecule has 1 aliphatic heterocycles. The number of amides is 1. The Morgan fingerprint density at radius 2 is 2.13 bits per heavy atom. The average molecular weight is 200 g/mol. The minimum atomic E-state index is 0.107. The van der Waals surface area contributed by atoms with Gasteiger partial charge in [0.2, 0.25) is 5.91 Å². The van der Waals surface area contributed by atoms with Gasteiger partial charge < -0.3 is 9.88 Å². The van der Waals surface area contributed by atoms with E-state index in [1.54, 1.807) is 0 Å². The van der Waals surface area contributed by atoms with Crippen LogP contribution in [-0.2, 0) is 17.8 Å². The summed E-state index contributed by atoms with van der Waals surface area (Å²) in [5.74, 6) is 0.107. The van der Waals surface area contributed by atoms with E-state index in [0.29, 0.717) is 6.54 Å². The summed E-state index contributed by atoms with van der Waals surface area (Å²) >= 11 is 0. The number of carbonyl (C=O) groups excluding carboxylic acids is 1. The average Bonchev–Trinajstić information content (AvgIpc) is 2.47. The molecule has 15 heavy (non-hydrogen) atoms. The van der Waals surface area contributed by atoms with Gasteiger partial charge in [0.15, 0.2) is 0 Å². The second-order valence-corrected chi connectivity index (χ2v) is 3.88. The number of rotatable bonds is 0. The zero-order chi connectivity index (χ0) is 10.3. The fourth-order valence-electron chi connectivity index (χ4n) is 2.19. The lowest BCUT2D eigenvalue weighted by Crippen LogP contribution is -2.25. The number of nitrogens with zero attached hydrogens (tertiary/aromatic N) is 1. The van der Waals surface area contributed by atoms with Crippen molar-refractivity contribution in [1.29, 1.82) is 0 Å². The highest BCUT2D eigenvalue weighted by Gasteiger charge is 2.14. The van der Waals surface area contributed by atoms with Gasteiger partial charge in [-0.1, -0.05) is 18.2 Å². The Balaban J connectivity index is 2.24. The summed E-state index contributed by atoms with van der Waals surface area (Å²) in [4.78, 5) is 11.5. The normalized spacial score (nSPS) is 15.9. The molecule has 0 unspecified atom stereocenters. The van der Waals surface area contributed by atoms with Crippen LogP contribution in [0.5, 0.6) is 0 Å². The summed E-state index contributed by atoms with van der Waals surface area (Å²) in [6.07, 6.45) is 0.917. The van der Waals surface area contributed by atoms with Gasteiger partial charge in [-0.15, -0.1) is 0 Å². The fourth-order valence-corrected chi connectivity index (χ4v) is 2.19. The van der Waals surface area contributed by atoms with Gasteiger partial charge in [-0.25, -0.2) is 0 Å². The number of hydrogen-bond donors (Lipinski definition) is 1. The second kappa shape index (κ2) is 3.12. The van der Waals surface area contributed by atoms with Gasteiger partial charge in [-0.05, 0) is 17.5 Å². The molecule has 1 aliphatic rings. The highest BCUT2D eigenvalue weighted by molar-refractivity contribution is 5.84. The number of nitrogens with one attached hydrogen (secondary N) is 1. The molecule has 3 nitrogen and oxygen atoms in total. The largest absolute Gasteiger partial charge is 0.354 e. The van der Waals surface area contributed by atoms with Crippen molar-refractivity contribution in [2.24, 2.45) is 0 Å². The van der Waals surface area contributed by atoms with Crippen LogP contribution in [0.15, 0.2) is 30.3 Å². The molecule has 1 amide bonds. The molecule has 0 fully saturated rings. The Labute approximate surface area is 87.7 Å². The molecule has 0 bridgehead atoms. The van der Waals surface area contributed by atoms with Crippen LogP contribution < -0.4 is 5.32 Å². The third-order valence-corrected chi connectivity index (χ3v) is 2.90. The third-order valence-electron chi connectivity index (χ3n) is 2.90. The van der Waals surface area contributed by atoms with Crippen LogP contribution in [0, 0.1) is 0 Å². The van der Waals surface area contributed by atoms with E-state index in [1.807, 2.05) is 12.1 Å². The van der Waals surface area contributed by atoms with E-state index in [2.05, 4.69) is 28.1 Å². The van der Waals surface area contributed by atoms with Gasteiger partial charge in [0.25, 0.3) is 0 Å². The fraction of sp³-hybridized carbons (Fsp3) is 0.250. The number of carbonyl (C=O) groups is 1. The van der Waals surface area contributed by atoms with Crippen LogP contribution in [-0.4, -0.2) is 17.0 Å². The summed E-state index contributed by atoms with van der Waals surface area (Å²) < 4.78 is 2.11. The van der Waals surface area contributed by atoms with E-state index < -0.39 is 0 Å². The van der Waals surface area contributed by atoms with Gasteiger partial charge in [0, 0.05) is 24.2 Å². The van der Waals surface area contributed by atoms with Crippen molar-refractivity contribution >= 4 is 16.8 Å². The summed E-state index contributed by atoms with van der Waals surface area (Å²) in [5, 5.41) is 4.11. The molecular weight excluding hydrogens is 188 g/mol. The van der Waals surface area contributed by atoms with Crippen molar-refractivity contribution in [2.45, 2.75) is 13.0 Å². The molecular formula is C12H12N2O. The lowest BCUT2D eigenvalue weighted by Gasteiger charge is -2.03. The van der Waals surface area contributed by atoms with Gasteiger partial charge in [0.1, 0.15) is 6.54 Å². The molecule has 2 aromatic rings. The van der Waals surface area contributed by atoms with Crippen LogP contribution in [0.25, 0.3) is 10.9 Å². The predicted molar refractivity (Wildman–Crippen MR) is 58.7 cm³/mol. The van der Waals surface area contributed by atoms with Crippen molar-refractivity contribution in [1.82, 2.24) is 9.88 Å². The molecule has 76 valence electrons. The zero-order valence-electron chi connectivity index (χ0n) is 8.36. The number of fused-ring (bicyclic) bond motifs is 3. The highest BCUT2D eigenvalue weighted by atomic mass is 16.1. The molecule has 0 radical (unpaired) electrons. The summed E-state index contributed by atoms with van der Waals surface area (Å²) in [5.41, 5.74) is 2.40.